The average Bonchev–Trinajstić information content (AvgIpc) is 2.95. The van der Waals surface area contributed by atoms with Crippen LogP contribution in [0.5, 0.6) is 11.5 Å². The zero-order valence-corrected chi connectivity index (χ0v) is 15.6. The Morgan fingerprint density at radius 1 is 1.17 bits per heavy atom. The van der Waals surface area contributed by atoms with Crippen LogP contribution in [-0.4, -0.2) is 24.7 Å². The van der Waals surface area contributed by atoms with Crippen LogP contribution in [0.1, 0.15) is 19.4 Å². The standard InChI is InChI=1S/C20H17F4N3O2/c1-12-17(13(2)27(26-12)15-5-3-14(10-25)4-6-15)11-28-16-7-8-18(21)19(9-16)29-20(22,23)24/h3-9,13,17H,11H2,1-2H3. The van der Waals surface area contributed by atoms with Crippen LogP contribution >= 0.6 is 0 Å². The van der Waals surface area contributed by atoms with Gasteiger partial charge in [-0.05, 0) is 50.2 Å². The lowest BCUT2D eigenvalue weighted by atomic mass is 9.98. The third-order valence-corrected chi connectivity index (χ3v) is 4.59. The molecule has 0 aromatic heterocycles. The molecule has 2 aromatic carbocycles. The van der Waals surface area contributed by atoms with Crippen LogP contribution in [0.4, 0.5) is 23.2 Å². The van der Waals surface area contributed by atoms with E-state index in [0.29, 0.717) is 5.56 Å². The van der Waals surface area contributed by atoms with Gasteiger partial charge < -0.3 is 9.47 Å². The fourth-order valence-corrected chi connectivity index (χ4v) is 3.06. The van der Waals surface area contributed by atoms with Crippen molar-refractivity contribution in [1.82, 2.24) is 0 Å². The Bertz CT molecular complexity index is 952. The molecule has 2 unspecified atom stereocenters. The van der Waals surface area contributed by atoms with Crippen molar-refractivity contribution in [2.24, 2.45) is 11.0 Å². The second-order valence-corrected chi connectivity index (χ2v) is 6.54. The maximum Gasteiger partial charge on any atom is 0.573 e. The van der Waals surface area contributed by atoms with Crippen LogP contribution in [0, 0.1) is 23.1 Å². The van der Waals surface area contributed by atoms with Crippen molar-refractivity contribution in [2.75, 3.05) is 11.6 Å². The van der Waals surface area contributed by atoms with E-state index in [1.54, 1.807) is 29.3 Å². The van der Waals surface area contributed by atoms with E-state index in [0.717, 1.165) is 23.5 Å². The molecular weight excluding hydrogens is 390 g/mol. The first kappa shape index (κ1) is 20.5. The number of alkyl halides is 3. The van der Waals surface area contributed by atoms with Gasteiger partial charge in [-0.2, -0.15) is 10.4 Å². The van der Waals surface area contributed by atoms with E-state index in [-0.39, 0.29) is 24.3 Å². The predicted octanol–water partition coefficient (Wildman–Crippen LogP) is 4.88. The van der Waals surface area contributed by atoms with Crippen LogP contribution in [0.15, 0.2) is 47.6 Å². The van der Waals surface area contributed by atoms with E-state index in [9.17, 15) is 17.6 Å². The smallest absolute Gasteiger partial charge is 0.493 e. The average molecular weight is 407 g/mol. The van der Waals surface area contributed by atoms with Gasteiger partial charge in [-0.3, -0.25) is 5.01 Å². The normalized spacial score (nSPS) is 18.9. The van der Waals surface area contributed by atoms with Gasteiger partial charge in [0.05, 0.1) is 35.9 Å². The second-order valence-electron chi connectivity index (χ2n) is 6.54. The minimum absolute atomic E-state index is 0.0578. The topological polar surface area (TPSA) is 57.9 Å². The summed E-state index contributed by atoms with van der Waals surface area (Å²) in [6.45, 7) is 3.91. The molecule has 0 bridgehead atoms. The minimum Gasteiger partial charge on any atom is -0.493 e. The molecule has 9 heteroatoms. The largest absolute Gasteiger partial charge is 0.573 e. The van der Waals surface area contributed by atoms with Crippen molar-refractivity contribution in [3.8, 4) is 17.6 Å². The summed E-state index contributed by atoms with van der Waals surface area (Å²) in [4.78, 5) is 0. The third-order valence-electron chi connectivity index (χ3n) is 4.59. The Kier molecular flexibility index (Phi) is 5.64. The zero-order valence-electron chi connectivity index (χ0n) is 15.6. The number of ether oxygens (including phenoxy) is 2. The number of hydrogen-bond donors (Lipinski definition) is 0. The van der Waals surface area contributed by atoms with Gasteiger partial charge in [-0.15, -0.1) is 13.2 Å². The van der Waals surface area contributed by atoms with Gasteiger partial charge in [-0.1, -0.05) is 0 Å². The summed E-state index contributed by atoms with van der Waals surface area (Å²) in [5.41, 5.74) is 2.13. The summed E-state index contributed by atoms with van der Waals surface area (Å²) in [5, 5.41) is 15.2. The minimum atomic E-state index is -5.00. The highest BCUT2D eigenvalue weighted by Crippen LogP contribution is 2.31. The lowest BCUT2D eigenvalue weighted by Crippen LogP contribution is -2.33. The number of anilines is 1. The molecule has 1 aliphatic heterocycles. The molecule has 0 radical (unpaired) electrons. The predicted molar refractivity (Wildman–Crippen MR) is 98.3 cm³/mol. The fourth-order valence-electron chi connectivity index (χ4n) is 3.06. The molecule has 0 spiro atoms. The van der Waals surface area contributed by atoms with Gasteiger partial charge in [-0.25, -0.2) is 4.39 Å². The number of hydrogen-bond acceptors (Lipinski definition) is 5. The molecule has 0 aliphatic carbocycles. The summed E-state index contributed by atoms with van der Waals surface area (Å²) in [6, 6.07) is 11.9. The molecule has 3 rings (SSSR count). The molecular formula is C20H17F4N3O2. The first-order valence-electron chi connectivity index (χ1n) is 8.70. The Morgan fingerprint density at radius 3 is 2.48 bits per heavy atom. The summed E-state index contributed by atoms with van der Waals surface area (Å²) in [7, 11) is 0. The first-order chi connectivity index (χ1) is 13.7. The number of rotatable bonds is 5. The van der Waals surface area contributed by atoms with Crippen LogP contribution in [-0.2, 0) is 0 Å². The van der Waals surface area contributed by atoms with E-state index < -0.39 is 17.9 Å². The van der Waals surface area contributed by atoms with Gasteiger partial charge in [0.25, 0.3) is 0 Å². The fraction of sp³-hybridized carbons (Fsp3) is 0.300. The number of halogens is 4. The summed E-state index contributed by atoms with van der Waals surface area (Å²) in [5.74, 6) is -2.15. The number of nitrogens with zero attached hydrogens (tertiary/aromatic N) is 3. The number of hydrazone groups is 1. The van der Waals surface area contributed by atoms with Gasteiger partial charge in [0.2, 0.25) is 0 Å². The monoisotopic (exact) mass is 407 g/mol. The molecule has 0 amide bonds. The quantitative estimate of drug-likeness (QED) is 0.664. The molecule has 2 aromatic rings. The molecule has 0 saturated carbocycles. The van der Waals surface area contributed by atoms with E-state index in [2.05, 4.69) is 15.9 Å². The molecule has 0 saturated heterocycles. The maximum atomic E-state index is 13.5. The molecule has 152 valence electrons. The summed E-state index contributed by atoms with van der Waals surface area (Å²) >= 11 is 0. The van der Waals surface area contributed by atoms with Gasteiger partial charge in [0, 0.05) is 11.8 Å². The molecule has 0 fully saturated rings. The van der Waals surface area contributed by atoms with Gasteiger partial charge >= 0.3 is 6.36 Å². The Morgan fingerprint density at radius 2 is 1.86 bits per heavy atom. The number of benzene rings is 2. The molecule has 1 heterocycles. The van der Waals surface area contributed by atoms with Gasteiger partial charge in [0.1, 0.15) is 5.75 Å². The Balaban J connectivity index is 1.69. The highest BCUT2D eigenvalue weighted by Gasteiger charge is 2.34. The second kappa shape index (κ2) is 7.99. The van der Waals surface area contributed by atoms with Crippen molar-refractivity contribution in [3.63, 3.8) is 0 Å². The van der Waals surface area contributed by atoms with Crippen molar-refractivity contribution in [3.05, 3.63) is 53.8 Å². The lowest BCUT2D eigenvalue weighted by molar-refractivity contribution is -0.275. The summed E-state index contributed by atoms with van der Waals surface area (Å²) < 4.78 is 59.9. The lowest BCUT2D eigenvalue weighted by Gasteiger charge is -2.24. The van der Waals surface area contributed by atoms with Crippen LogP contribution in [0.2, 0.25) is 0 Å². The SMILES string of the molecule is CC1=NN(c2ccc(C#N)cc2)C(C)C1COc1ccc(F)c(OC(F)(F)F)c1. The molecule has 2 atom stereocenters. The van der Waals surface area contributed by atoms with Crippen LogP contribution in [0.3, 0.4) is 0 Å². The number of nitriles is 1. The maximum absolute atomic E-state index is 13.5. The van der Waals surface area contributed by atoms with E-state index in [1.165, 1.54) is 6.07 Å². The van der Waals surface area contributed by atoms with Crippen molar-refractivity contribution >= 4 is 11.4 Å². The highest BCUT2D eigenvalue weighted by molar-refractivity contribution is 5.89. The van der Waals surface area contributed by atoms with Crippen LogP contribution in [0.25, 0.3) is 0 Å². The molecule has 0 N–H and O–H groups in total. The summed E-state index contributed by atoms with van der Waals surface area (Å²) in [6.07, 6.45) is -5.00. The molecule has 5 nitrogen and oxygen atoms in total. The Hall–Kier alpha value is -3.28. The van der Waals surface area contributed by atoms with Crippen molar-refractivity contribution in [1.29, 1.82) is 5.26 Å². The van der Waals surface area contributed by atoms with E-state index in [1.807, 2.05) is 13.8 Å². The van der Waals surface area contributed by atoms with Crippen molar-refractivity contribution in [2.45, 2.75) is 26.3 Å². The molecule has 29 heavy (non-hydrogen) atoms. The van der Waals surface area contributed by atoms with Crippen LogP contribution < -0.4 is 14.5 Å². The molecule has 1 aliphatic rings. The third kappa shape index (κ3) is 4.77. The first-order valence-corrected chi connectivity index (χ1v) is 8.70. The van der Waals surface area contributed by atoms with E-state index in [4.69, 9.17) is 10.00 Å². The Labute approximate surface area is 164 Å². The highest BCUT2D eigenvalue weighted by atomic mass is 19.4. The van der Waals surface area contributed by atoms with Crippen molar-refractivity contribution < 1.29 is 27.0 Å². The van der Waals surface area contributed by atoms with E-state index >= 15 is 0 Å². The van der Waals surface area contributed by atoms with Gasteiger partial charge in [0.15, 0.2) is 11.6 Å². The zero-order chi connectivity index (χ0) is 21.2.